The van der Waals surface area contributed by atoms with Crippen LogP contribution in [0.15, 0.2) is 23.2 Å². The number of anilines is 1. The maximum Gasteiger partial charge on any atom is 0.266 e. The molecule has 1 unspecified atom stereocenters. The molecular formula is C25H36N4O2. The summed E-state index contributed by atoms with van der Waals surface area (Å²) >= 11 is 0. The summed E-state index contributed by atoms with van der Waals surface area (Å²) in [6.45, 7) is 3.60. The van der Waals surface area contributed by atoms with Gasteiger partial charge in [0.05, 0.1) is 5.69 Å². The van der Waals surface area contributed by atoms with E-state index >= 15 is 0 Å². The van der Waals surface area contributed by atoms with Crippen molar-refractivity contribution in [2.24, 2.45) is 16.6 Å². The van der Waals surface area contributed by atoms with Crippen LogP contribution in [-0.4, -0.2) is 48.2 Å². The Morgan fingerprint density at radius 2 is 1.68 bits per heavy atom. The predicted octanol–water partition coefficient (Wildman–Crippen LogP) is 3.79. The molecular weight excluding hydrogens is 388 g/mol. The smallest absolute Gasteiger partial charge is 0.266 e. The zero-order valence-electron chi connectivity index (χ0n) is 18.8. The second kappa shape index (κ2) is 9.94. The minimum absolute atomic E-state index is 0.0118. The van der Waals surface area contributed by atoms with Gasteiger partial charge in [0.15, 0.2) is 6.17 Å². The third kappa shape index (κ3) is 4.84. The van der Waals surface area contributed by atoms with Gasteiger partial charge in [0.2, 0.25) is 5.91 Å². The molecule has 1 saturated heterocycles. The van der Waals surface area contributed by atoms with Crippen molar-refractivity contribution in [3.8, 4) is 0 Å². The number of carbonyl (C=O) groups is 2. The number of hydrogen-bond donors (Lipinski definition) is 1. The van der Waals surface area contributed by atoms with Crippen LogP contribution < -0.4 is 10.6 Å². The topological polar surface area (TPSA) is 79.0 Å². The minimum Gasteiger partial charge on any atom is -0.341 e. The molecule has 6 nitrogen and oxygen atoms in total. The molecule has 2 fully saturated rings. The molecule has 0 radical (unpaired) electrons. The minimum atomic E-state index is -0.955. The molecule has 2 heterocycles. The van der Waals surface area contributed by atoms with E-state index in [4.69, 9.17) is 10.7 Å². The number of para-hydroxylation sites is 1. The van der Waals surface area contributed by atoms with E-state index in [1.807, 2.05) is 24.0 Å². The number of benzene rings is 1. The highest BCUT2D eigenvalue weighted by Gasteiger charge is 2.35. The molecule has 1 atom stereocenters. The highest BCUT2D eigenvalue weighted by Crippen LogP contribution is 2.35. The number of amides is 2. The largest absolute Gasteiger partial charge is 0.341 e. The molecule has 1 aliphatic carbocycles. The molecule has 2 aliphatic heterocycles. The normalized spacial score (nSPS) is 23.5. The van der Waals surface area contributed by atoms with Crippen molar-refractivity contribution in [1.29, 1.82) is 0 Å². The highest BCUT2D eigenvalue weighted by molar-refractivity contribution is 6.15. The maximum absolute atomic E-state index is 13.4. The van der Waals surface area contributed by atoms with Crippen LogP contribution >= 0.6 is 0 Å². The summed E-state index contributed by atoms with van der Waals surface area (Å²) in [5.41, 5.74) is 10.0. The second-order valence-electron chi connectivity index (χ2n) is 9.34. The van der Waals surface area contributed by atoms with E-state index in [0.717, 1.165) is 74.1 Å². The Balaban J connectivity index is 1.66. The Bertz CT molecular complexity index is 836. The Labute approximate surface area is 185 Å². The van der Waals surface area contributed by atoms with E-state index in [1.54, 1.807) is 4.90 Å². The molecule has 0 aromatic heterocycles. The summed E-state index contributed by atoms with van der Waals surface area (Å²) in [5.74, 6) is 0.0673. The zero-order chi connectivity index (χ0) is 21.8. The summed E-state index contributed by atoms with van der Waals surface area (Å²) in [5, 5.41) is 0. The van der Waals surface area contributed by atoms with Gasteiger partial charge in [-0.15, -0.1) is 0 Å². The maximum atomic E-state index is 13.4. The van der Waals surface area contributed by atoms with Gasteiger partial charge in [-0.2, -0.15) is 0 Å². The second-order valence-corrected chi connectivity index (χ2v) is 9.34. The van der Waals surface area contributed by atoms with Crippen LogP contribution in [-0.2, 0) is 9.59 Å². The molecule has 31 heavy (non-hydrogen) atoms. The number of nitrogens with two attached hydrogens (primary N) is 1. The van der Waals surface area contributed by atoms with E-state index in [2.05, 4.69) is 6.07 Å². The molecule has 1 aromatic rings. The Hall–Kier alpha value is -2.21. The van der Waals surface area contributed by atoms with Gasteiger partial charge in [-0.25, -0.2) is 0 Å². The standard InChI is InChI=1S/C25H36N4O2/c1-18-11-10-14-20-22(19-12-6-5-7-13-19)27-24(26)25(31)29(23(18)20)17-21(30)28-15-8-3-2-4-9-16-28/h10-11,14,19,24H,2-9,12-13,15-17,26H2,1H3. The summed E-state index contributed by atoms with van der Waals surface area (Å²) in [4.78, 5) is 34.9. The average Bonchev–Trinajstić information content (AvgIpc) is 2.85. The summed E-state index contributed by atoms with van der Waals surface area (Å²) in [6.07, 6.45) is 10.5. The fourth-order valence-corrected chi connectivity index (χ4v) is 5.36. The number of aryl methyl sites for hydroxylation is 1. The molecule has 1 saturated carbocycles. The molecule has 2 N–H and O–H groups in total. The van der Waals surface area contributed by atoms with Gasteiger partial charge in [0, 0.05) is 30.3 Å². The van der Waals surface area contributed by atoms with E-state index in [9.17, 15) is 9.59 Å². The van der Waals surface area contributed by atoms with Crippen molar-refractivity contribution < 1.29 is 9.59 Å². The highest BCUT2D eigenvalue weighted by atomic mass is 16.2. The van der Waals surface area contributed by atoms with Crippen molar-refractivity contribution in [2.45, 2.75) is 77.3 Å². The SMILES string of the molecule is Cc1cccc2c1N(CC(=O)N1CCCCCCC1)C(=O)C(N)N=C2C1CCCCC1. The van der Waals surface area contributed by atoms with Crippen LogP contribution in [0.3, 0.4) is 0 Å². The van der Waals surface area contributed by atoms with Crippen LogP contribution in [0.25, 0.3) is 0 Å². The number of hydrogen-bond acceptors (Lipinski definition) is 4. The zero-order valence-corrected chi connectivity index (χ0v) is 18.8. The fraction of sp³-hybridized carbons (Fsp3) is 0.640. The number of aliphatic imine (C=N–C) groups is 1. The van der Waals surface area contributed by atoms with Crippen LogP contribution in [0.4, 0.5) is 5.69 Å². The molecule has 4 rings (SSSR count). The monoisotopic (exact) mass is 424 g/mol. The number of fused-ring (bicyclic) bond motifs is 1. The fourth-order valence-electron chi connectivity index (χ4n) is 5.36. The Kier molecular flexibility index (Phi) is 7.06. The van der Waals surface area contributed by atoms with Crippen molar-refractivity contribution in [3.63, 3.8) is 0 Å². The molecule has 0 bridgehead atoms. The van der Waals surface area contributed by atoms with Gasteiger partial charge in [-0.05, 0) is 38.2 Å². The summed E-state index contributed by atoms with van der Waals surface area (Å²) in [7, 11) is 0. The van der Waals surface area contributed by atoms with Gasteiger partial charge in [0.25, 0.3) is 5.91 Å². The molecule has 1 aromatic carbocycles. The summed E-state index contributed by atoms with van der Waals surface area (Å²) < 4.78 is 0. The van der Waals surface area contributed by atoms with Gasteiger partial charge >= 0.3 is 0 Å². The predicted molar refractivity (Wildman–Crippen MR) is 124 cm³/mol. The lowest BCUT2D eigenvalue weighted by atomic mass is 9.82. The average molecular weight is 425 g/mol. The van der Waals surface area contributed by atoms with E-state index in [1.165, 1.54) is 25.7 Å². The number of nitrogens with zero attached hydrogens (tertiary/aromatic N) is 3. The van der Waals surface area contributed by atoms with Crippen molar-refractivity contribution in [1.82, 2.24) is 4.90 Å². The van der Waals surface area contributed by atoms with Crippen LogP contribution in [0.2, 0.25) is 0 Å². The first-order valence-corrected chi connectivity index (χ1v) is 12.1. The first-order chi connectivity index (χ1) is 15.1. The Morgan fingerprint density at radius 3 is 2.39 bits per heavy atom. The Morgan fingerprint density at radius 1 is 1.03 bits per heavy atom. The lowest BCUT2D eigenvalue weighted by molar-refractivity contribution is -0.131. The molecule has 168 valence electrons. The van der Waals surface area contributed by atoms with E-state index in [-0.39, 0.29) is 18.4 Å². The number of benzodiazepines with no additional fused rings is 1. The van der Waals surface area contributed by atoms with Gasteiger partial charge in [-0.1, -0.05) is 56.7 Å². The van der Waals surface area contributed by atoms with Crippen LogP contribution in [0, 0.1) is 12.8 Å². The first kappa shape index (κ1) is 22.0. The molecule has 0 spiro atoms. The first-order valence-electron chi connectivity index (χ1n) is 12.1. The van der Waals surface area contributed by atoms with E-state index < -0.39 is 6.17 Å². The lowest BCUT2D eigenvalue weighted by Crippen LogP contribution is -2.48. The van der Waals surface area contributed by atoms with Gasteiger partial charge in [-0.3, -0.25) is 19.5 Å². The molecule has 3 aliphatic rings. The van der Waals surface area contributed by atoms with E-state index in [0.29, 0.717) is 5.92 Å². The van der Waals surface area contributed by atoms with Gasteiger partial charge in [0.1, 0.15) is 6.54 Å². The number of rotatable bonds is 3. The van der Waals surface area contributed by atoms with Gasteiger partial charge < -0.3 is 10.6 Å². The van der Waals surface area contributed by atoms with Crippen molar-refractivity contribution in [2.75, 3.05) is 24.5 Å². The van der Waals surface area contributed by atoms with Crippen molar-refractivity contribution >= 4 is 23.2 Å². The third-order valence-electron chi connectivity index (χ3n) is 7.07. The number of likely N-dealkylation sites (tertiary alicyclic amines) is 1. The molecule has 6 heteroatoms. The van der Waals surface area contributed by atoms with Crippen LogP contribution in [0.1, 0.15) is 75.3 Å². The summed E-state index contributed by atoms with van der Waals surface area (Å²) in [6, 6.07) is 6.08. The third-order valence-corrected chi connectivity index (χ3v) is 7.07. The van der Waals surface area contributed by atoms with Crippen LogP contribution in [0.5, 0.6) is 0 Å². The van der Waals surface area contributed by atoms with Crippen molar-refractivity contribution in [3.05, 3.63) is 29.3 Å². The quantitative estimate of drug-likeness (QED) is 0.802. The molecule has 2 amide bonds. The lowest BCUT2D eigenvalue weighted by Gasteiger charge is -2.30. The number of carbonyl (C=O) groups excluding carboxylic acids is 2.